The van der Waals surface area contributed by atoms with Crippen molar-refractivity contribution in [1.29, 1.82) is 0 Å². The van der Waals surface area contributed by atoms with E-state index >= 15 is 0 Å². The molecular formula is C15H23ClN4. The second-order valence-corrected chi connectivity index (χ2v) is 6.94. The van der Waals surface area contributed by atoms with Gasteiger partial charge in [0.25, 0.3) is 0 Å². The number of alkyl halides is 1. The maximum absolute atomic E-state index is 5.95. The van der Waals surface area contributed by atoms with Crippen LogP contribution in [0.2, 0.25) is 0 Å². The van der Waals surface area contributed by atoms with E-state index < -0.39 is 0 Å². The Morgan fingerprint density at radius 3 is 2.65 bits per heavy atom. The van der Waals surface area contributed by atoms with Crippen LogP contribution in [0.3, 0.4) is 0 Å². The van der Waals surface area contributed by atoms with Gasteiger partial charge in [0.05, 0.1) is 5.69 Å². The molecule has 1 unspecified atom stereocenters. The van der Waals surface area contributed by atoms with E-state index in [1.54, 1.807) is 0 Å². The maximum Gasteiger partial charge on any atom is 0.158 e. The van der Waals surface area contributed by atoms with E-state index in [0.29, 0.717) is 11.3 Å². The first-order chi connectivity index (χ1) is 9.47. The molecule has 2 aromatic rings. The predicted molar refractivity (Wildman–Crippen MR) is 82.2 cm³/mol. The Morgan fingerprint density at radius 2 is 2.10 bits per heavy atom. The molecule has 0 radical (unpaired) electrons. The number of aromatic nitrogens is 4. The van der Waals surface area contributed by atoms with Gasteiger partial charge in [-0.15, -0.1) is 11.6 Å². The van der Waals surface area contributed by atoms with Crippen LogP contribution in [0.1, 0.15) is 38.7 Å². The predicted octanol–water partition coefficient (Wildman–Crippen LogP) is 3.16. The molecule has 0 aromatic carbocycles. The topological polar surface area (TPSA) is 35.6 Å². The summed E-state index contributed by atoms with van der Waals surface area (Å²) in [5.41, 5.74) is 3.78. The van der Waals surface area contributed by atoms with Crippen LogP contribution >= 0.6 is 11.6 Å². The van der Waals surface area contributed by atoms with Crippen LogP contribution in [-0.4, -0.2) is 25.2 Å². The Balaban J connectivity index is 2.06. The fourth-order valence-corrected chi connectivity index (χ4v) is 3.27. The number of halogens is 1. The lowest BCUT2D eigenvalue weighted by Crippen LogP contribution is -2.11. The zero-order valence-electron chi connectivity index (χ0n) is 12.8. The van der Waals surface area contributed by atoms with Crippen molar-refractivity contribution >= 4 is 22.8 Å². The van der Waals surface area contributed by atoms with Crippen molar-refractivity contribution in [2.75, 3.05) is 5.88 Å². The molecule has 0 saturated heterocycles. The van der Waals surface area contributed by atoms with Gasteiger partial charge in [0, 0.05) is 25.9 Å². The number of hydrogen-bond acceptors (Lipinski definition) is 2. The Kier molecular flexibility index (Phi) is 3.32. The summed E-state index contributed by atoms with van der Waals surface area (Å²) in [6.07, 6.45) is 3.04. The smallest absolute Gasteiger partial charge is 0.158 e. The van der Waals surface area contributed by atoms with Gasteiger partial charge in [-0.3, -0.25) is 4.68 Å². The monoisotopic (exact) mass is 294 g/mol. The van der Waals surface area contributed by atoms with Gasteiger partial charge in [0.1, 0.15) is 11.3 Å². The summed E-state index contributed by atoms with van der Waals surface area (Å²) in [7, 11) is 2.02. The molecule has 0 N–H and O–H groups in total. The van der Waals surface area contributed by atoms with Gasteiger partial charge >= 0.3 is 0 Å². The highest BCUT2D eigenvalue weighted by Gasteiger charge is 2.46. The molecule has 0 amide bonds. The molecule has 1 aliphatic carbocycles. The van der Waals surface area contributed by atoms with E-state index in [9.17, 15) is 0 Å². The molecule has 2 aromatic heterocycles. The van der Waals surface area contributed by atoms with E-state index in [-0.39, 0.29) is 0 Å². The molecular weight excluding hydrogens is 272 g/mol. The maximum atomic E-state index is 5.95. The van der Waals surface area contributed by atoms with Crippen molar-refractivity contribution in [2.24, 2.45) is 18.4 Å². The Morgan fingerprint density at radius 1 is 1.40 bits per heavy atom. The first-order valence-corrected chi connectivity index (χ1v) is 7.98. The summed E-state index contributed by atoms with van der Waals surface area (Å²) >= 11 is 5.95. The van der Waals surface area contributed by atoms with E-state index in [2.05, 4.69) is 30.4 Å². The van der Waals surface area contributed by atoms with Crippen LogP contribution in [0.5, 0.6) is 0 Å². The van der Waals surface area contributed by atoms with Gasteiger partial charge in [-0.25, -0.2) is 4.98 Å². The molecule has 5 heteroatoms. The molecule has 110 valence electrons. The molecule has 1 aliphatic rings. The number of imidazole rings is 1. The molecule has 0 aliphatic heterocycles. The van der Waals surface area contributed by atoms with Crippen LogP contribution in [0.15, 0.2) is 0 Å². The lowest BCUT2D eigenvalue weighted by molar-refractivity contribution is 0.491. The third-order valence-electron chi connectivity index (χ3n) is 4.64. The minimum Gasteiger partial charge on any atom is -0.313 e. The highest BCUT2D eigenvalue weighted by molar-refractivity contribution is 6.17. The van der Waals surface area contributed by atoms with Gasteiger partial charge in [0.2, 0.25) is 0 Å². The molecule has 20 heavy (non-hydrogen) atoms. The number of hydrogen-bond donors (Lipinski definition) is 0. The zero-order valence-corrected chi connectivity index (χ0v) is 13.5. The largest absolute Gasteiger partial charge is 0.313 e. The normalized spacial score (nSPS) is 20.8. The van der Waals surface area contributed by atoms with Crippen LogP contribution in [0.4, 0.5) is 0 Å². The fraction of sp³-hybridized carbons (Fsp3) is 0.733. The quantitative estimate of drug-likeness (QED) is 0.794. The number of rotatable bonds is 5. The zero-order chi connectivity index (χ0) is 14.5. The average Bonchev–Trinajstić information content (AvgIpc) is 2.71. The van der Waals surface area contributed by atoms with E-state index in [0.717, 1.165) is 48.0 Å². The average molecular weight is 295 g/mol. The van der Waals surface area contributed by atoms with Gasteiger partial charge < -0.3 is 4.57 Å². The highest BCUT2D eigenvalue weighted by atomic mass is 35.5. The van der Waals surface area contributed by atoms with Gasteiger partial charge in [-0.2, -0.15) is 5.10 Å². The second-order valence-electron chi connectivity index (χ2n) is 6.56. The summed E-state index contributed by atoms with van der Waals surface area (Å²) in [4.78, 5) is 4.82. The molecule has 4 nitrogen and oxygen atoms in total. The standard InChI is InChI=1S/C15H23ClN4/c1-5-11-13-14(19(4)18-11)20(12(17-13)6-7-16)9-10-8-15(10,2)3/h10H,5-9H2,1-4H3. The molecule has 0 spiro atoms. The Labute approximate surface area is 125 Å². The number of aryl methyl sites for hydroxylation is 3. The SMILES string of the molecule is CCc1nn(C)c2c1nc(CCCl)n2CC1CC1(C)C. The molecule has 3 rings (SSSR count). The lowest BCUT2D eigenvalue weighted by Gasteiger charge is -2.10. The van der Waals surface area contributed by atoms with Gasteiger partial charge in [-0.05, 0) is 24.2 Å². The van der Waals surface area contributed by atoms with Crippen LogP contribution < -0.4 is 0 Å². The minimum absolute atomic E-state index is 0.473. The summed E-state index contributed by atoms with van der Waals surface area (Å²) < 4.78 is 4.33. The van der Waals surface area contributed by atoms with Crippen molar-refractivity contribution in [2.45, 2.75) is 46.6 Å². The first kappa shape index (κ1) is 13.9. The summed E-state index contributed by atoms with van der Waals surface area (Å²) in [5.74, 6) is 2.47. The van der Waals surface area contributed by atoms with Gasteiger partial charge in [0.15, 0.2) is 5.65 Å². The van der Waals surface area contributed by atoms with Crippen molar-refractivity contribution in [3.05, 3.63) is 11.5 Å². The summed E-state index contributed by atoms with van der Waals surface area (Å²) in [5, 5.41) is 4.59. The van der Waals surface area contributed by atoms with E-state index in [1.165, 1.54) is 6.42 Å². The van der Waals surface area contributed by atoms with Crippen molar-refractivity contribution in [3.8, 4) is 0 Å². The summed E-state index contributed by atoms with van der Waals surface area (Å²) in [6, 6.07) is 0. The first-order valence-electron chi connectivity index (χ1n) is 7.45. The van der Waals surface area contributed by atoms with Crippen molar-refractivity contribution in [3.63, 3.8) is 0 Å². The molecule has 2 heterocycles. The van der Waals surface area contributed by atoms with Crippen LogP contribution in [-0.2, 0) is 26.4 Å². The minimum atomic E-state index is 0.473. The van der Waals surface area contributed by atoms with Crippen molar-refractivity contribution in [1.82, 2.24) is 19.3 Å². The second kappa shape index (κ2) is 4.76. The van der Waals surface area contributed by atoms with Crippen LogP contribution in [0, 0.1) is 11.3 Å². The number of nitrogens with zero attached hydrogens (tertiary/aromatic N) is 4. The molecule has 1 fully saturated rings. The molecule has 1 atom stereocenters. The molecule has 1 saturated carbocycles. The Hall–Kier alpha value is -1.03. The third-order valence-corrected chi connectivity index (χ3v) is 4.83. The molecule has 0 bridgehead atoms. The third kappa shape index (κ3) is 2.14. The van der Waals surface area contributed by atoms with Gasteiger partial charge in [-0.1, -0.05) is 20.8 Å². The Bertz CT molecular complexity index is 638. The number of fused-ring (bicyclic) bond motifs is 1. The fourth-order valence-electron chi connectivity index (χ4n) is 3.10. The summed E-state index contributed by atoms with van der Waals surface area (Å²) in [6.45, 7) is 7.85. The van der Waals surface area contributed by atoms with E-state index in [4.69, 9.17) is 16.6 Å². The highest BCUT2D eigenvalue weighted by Crippen LogP contribution is 2.52. The van der Waals surface area contributed by atoms with Crippen LogP contribution in [0.25, 0.3) is 11.2 Å². The van der Waals surface area contributed by atoms with E-state index in [1.807, 2.05) is 11.7 Å². The lowest BCUT2D eigenvalue weighted by atomic mass is 10.1. The van der Waals surface area contributed by atoms with Crippen molar-refractivity contribution < 1.29 is 0 Å².